The van der Waals surface area contributed by atoms with Gasteiger partial charge in [-0.25, -0.2) is 0 Å². The molecule has 1 saturated heterocycles. The van der Waals surface area contributed by atoms with Crippen molar-refractivity contribution in [2.24, 2.45) is 0 Å². The van der Waals surface area contributed by atoms with Gasteiger partial charge in [0.05, 0.1) is 6.61 Å². The molecule has 3 heterocycles. The third-order valence-electron chi connectivity index (χ3n) is 5.36. The molecule has 7 heteroatoms. The SMILES string of the molecule is CN1CCN(c2nc3cc(NC(=O)c4ccc5c(c4)CCO5)ccc3o2)CC1. The van der Waals surface area contributed by atoms with Crippen molar-refractivity contribution in [1.29, 1.82) is 0 Å². The minimum absolute atomic E-state index is 0.142. The molecule has 0 bridgehead atoms. The summed E-state index contributed by atoms with van der Waals surface area (Å²) in [4.78, 5) is 21.7. The molecule has 0 unspecified atom stereocenters. The fourth-order valence-corrected chi connectivity index (χ4v) is 3.66. The third-order valence-corrected chi connectivity index (χ3v) is 5.36. The zero-order valence-corrected chi connectivity index (χ0v) is 15.8. The standard InChI is InChI=1S/C21H22N4O3/c1-24-7-9-25(10-8-24)21-23-17-13-16(3-5-19(17)28-21)22-20(26)15-2-4-18-14(12-15)6-11-27-18/h2-5,12-13H,6-11H2,1H3,(H,22,26). The number of piperazine rings is 1. The quantitative estimate of drug-likeness (QED) is 0.756. The molecule has 1 N–H and O–H groups in total. The zero-order valence-electron chi connectivity index (χ0n) is 15.8. The number of nitrogens with one attached hydrogen (secondary N) is 1. The molecular formula is C21H22N4O3. The number of anilines is 2. The normalized spacial score (nSPS) is 16.8. The van der Waals surface area contributed by atoms with Crippen LogP contribution in [0.15, 0.2) is 40.8 Å². The number of hydrogen-bond donors (Lipinski definition) is 1. The number of carbonyl (C=O) groups is 1. The van der Waals surface area contributed by atoms with E-state index in [1.807, 2.05) is 30.3 Å². The van der Waals surface area contributed by atoms with Crippen LogP contribution in [0.2, 0.25) is 0 Å². The van der Waals surface area contributed by atoms with E-state index in [0.717, 1.165) is 55.0 Å². The first-order valence-corrected chi connectivity index (χ1v) is 9.57. The molecule has 3 aromatic rings. The van der Waals surface area contributed by atoms with E-state index in [4.69, 9.17) is 9.15 Å². The molecule has 7 nitrogen and oxygen atoms in total. The number of aromatic nitrogens is 1. The van der Waals surface area contributed by atoms with Crippen LogP contribution in [-0.4, -0.2) is 55.6 Å². The summed E-state index contributed by atoms with van der Waals surface area (Å²) in [5.41, 5.74) is 3.88. The Labute approximate surface area is 162 Å². The second-order valence-electron chi connectivity index (χ2n) is 7.34. The summed E-state index contributed by atoms with van der Waals surface area (Å²) < 4.78 is 11.4. The van der Waals surface area contributed by atoms with E-state index in [2.05, 4.69) is 27.1 Å². The summed E-state index contributed by atoms with van der Waals surface area (Å²) >= 11 is 0. The highest BCUT2D eigenvalue weighted by Gasteiger charge is 2.20. The van der Waals surface area contributed by atoms with Crippen LogP contribution in [0.5, 0.6) is 5.75 Å². The molecule has 144 valence electrons. The number of amides is 1. The summed E-state index contributed by atoms with van der Waals surface area (Å²) in [6.45, 7) is 4.46. The predicted molar refractivity (Wildman–Crippen MR) is 107 cm³/mol. The van der Waals surface area contributed by atoms with E-state index in [1.165, 1.54) is 0 Å². The fourth-order valence-electron chi connectivity index (χ4n) is 3.66. The maximum absolute atomic E-state index is 12.6. The third kappa shape index (κ3) is 3.18. The Morgan fingerprint density at radius 1 is 1.11 bits per heavy atom. The van der Waals surface area contributed by atoms with Crippen molar-refractivity contribution in [2.45, 2.75) is 6.42 Å². The molecule has 1 aromatic heterocycles. The van der Waals surface area contributed by atoms with Gasteiger partial charge in [-0.05, 0) is 49.0 Å². The van der Waals surface area contributed by atoms with Gasteiger partial charge in [0.25, 0.3) is 11.9 Å². The van der Waals surface area contributed by atoms with Crippen molar-refractivity contribution in [3.05, 3.63) is 47.5 Å². The topological polar surface area (TPSA) is 70.8 Å². The highest BCUT2D eigenvalue weighted by atomic mass is 16.5. The van der Waals surface area contributed by atoms with Gasteiger partial charge < -0.3 is 24.3 Å². The Hall–Kier alpha value is -3.06. The maximum Gasteiger partial charge on any atom is 0.298 e. The minimum Gasteiger partial charge on any atom is -0.493 e. The Kier molecular flexibility index (Phi) is 4.16. The van der Waals surface area contributed by atoms with Crippen LogP contribution >= 0.6 is 0 Å². The lowest BCUT2D eigenvalue weighted by atomic mass is 10.1. The lowest BCUT2D eigenvalue weighted by molar-refractivity contribution is 0.102. The van der Waals surface area contributed by atoms with Crippen LogP contribution in [0.4, 0.5) is 11.7 Å². The molecule has 2 aliphatic rings. The van der Waals surface area contributed by atoms with E-state index in [9.17, 15) is 4.79 Å². The lowest BCUT2D eigenvalue weighted by Crippen LogP contribution is -2.44. The second-order valence-corrected chi connectivity index (χ2v) is 7.34. The molecule has 0 aliphatic carbocycles. The number of fused-ring (bicyclic) bond motifs is 2. The number of carbonyl (C=O) groups excluding carboxylic acids is 1. The molecule has 1 fully saturated rings. The largest absolute Gasteiger partial charge is 0.493 e. The maximum atomic E-state index is 12.6. The van der Waals surface area contributed by atoms with Gasteiger partial charge in [0.15, 0.2) is 5.58 Å². The number of hydrogen-bond acceptors (Lipinski definition) is 6. The monoisotopic (exact) mass is 378 g/mol. The summed E-state index contributed by atoms with van der Waals surface area (Å²) in [5.74, 6) is 0.730. The molecule has 28 heavy (non-hydrogen) atoms. The van der Waals surface area contributed by atoms with Crippen molar-refractivity contribution >= 4 is 28.7 Å². The Morgan fingerprint density at radius 3 is 2.82 bits per heavy atom. The second kappa shape index (κ2) is 6.83. The average molecular weight is 378 g/mol. The van der Waals surface area contributed by atoms with Crippen LogP contribution in [0.25, 0.3) is 11.1 Å². The summed E-state index contributed by atoms with van der Waals surface area (Å²) in [6, 6.07) is 11.7. The Bertz CT molecular complexity index is 1040. The molecule has 0 radical (unpaired) electrons. The minimum atomic E-state index is -0.142. The van der Waals surface area contributed by atoms with Crippen molar-refractivity contribution in [3.63, 3.8) is 0 Å². The van der Waals surface area contributed by atoms with Crippen LogP contribution < -0.4 is 15.0 Å². The number of nitrogens with zero attached hydrogens (tertiary/aromatic N) is 3. The van der Waals surface area contributed by atoms with Gasteiger partial charge in [-0.3, -0.25) is 4.79 Å². The lowest BCUT2D eigenvalue weighted by Gasteiger charge is -2.31. The molecule has 5 rings (SSSR count). The first-order valence-electron chi connectivity index (χ1n) is 9.57. The van der Waals surface area contributed by atoms with E-state index >= 15 is 0 Å². The van der Waals surface area contributed by atoms with Gasteiger partial charge in [-0.15, -0.1) is 0 Å². The summed E-state index contributed by atoms with van der Waals surface area (Å²) in [7, 11) is 2.12. The van der Waals surface area contributed by atoms with Gasteiger partial charge in [0.1, 0.15) is 11.3 Å². The number of ether oxygens (including phenoxy) is 1. The van der Waals surface area contributed by atoms with Crippen molar-refractivity contribution < 1.29 is 13.9 Å². The molecule has 0 saturated carbocycles. The van der Waals surface area contributed by atoms with Gasteiger partial charge in [-0.2, -0.15) is 4.98 Å². The summed E-state index contributed by atoms with van der Waals surface area (Å²) in [5, 5.41) is 2.95. The van der Waals surface area contributed by atoms with E-state index in [-0.39, 0.29) is 5.91 Å². The van der Waals surface area contributed by atoms with Crippen molar-refractivity contribution in [2.75, 3.05) is 50.1 Å². The molecule has 0 atom stereocenters. The molecule has 2 aliphatic heterocycles. The zero-order chi connectivity index (χ0) is 19.1. The first kappa shape index (κ1) is 17.1. The predicted octanol–water partition coefficient (Wildman–Crippen LogP) is 2.77. The highest BCUT2D eigenvalue weighted by molar-refractivity contribution is 6.05. The Balaban J connectivity index is 1.34. The van der Waals surface area contributed by atoms with Crippen LogP contribution in [0.3, 0.4) is 0 Å². The smallest absolute Gasteiger partial charge is 0.298 e. The van der Waals surface area contributed by atoms with Crippen molar-refractivity contribution in [1.82, 2.24) is 9.88 Å². The number of oxazole rings is 1. The van der Waals surface area contributed by atoms with Crippen LogP contribution in [0, 0.1) is 0 Å². The first-order chi connectivity index (χ1) is 13.7. The number of benzene rings is 2. The Morgan fingerprint density at radius 2 is 1.96 bits per heavy atom. The van der Waals surface area contributed by atoms with Gasteiger partial charge in [0.2, 0.25) is 0 Å². The van der Waals surface area contributed by atoms with Gasteiger partial charge in [0, 0.05) is 43.9 Å². The summed E-state index contributed by atoms with van der Waals surface area (Å²) in [6.07, 6.45) is 0.844. The van der Waals surface area contributed by atoms with E-state index < -0.39 is 0 Å². The van der Waals surface area contributed by atoms with E-state index in [0.29, 0.717) is 23.9 Å². The van der Waals surface area contributed by atoms with Gasteiger partial charge >= 0.3 is 0 Å². The van der Waals surface area contributed by atoms with E-state index in [1.54, 1.807) is 6.07 Å². The average Bonchev–Trinajstić information content (AvgIpc) is 3.34. The van der Waals surface area contributed by atoms with Gasteiger partial charge in [-0.1, -0.05) is 0 Å². The molecule has 0 spiro atoms. The molecular weight excluding hydrogens is 356 g/mol. The number of likely N-dealkylation sites (N-methyl/N-ethyl adjacent to an activating group) is 1. The molecule has 1 amide bonds. The fraction of sp³-hybridized carbons (Fsp3) is 0.333. The van der Waals surface area contributed by atoms with Crippen LogP contribution in [0.1, 0.15) is 15.9 Å². The van der Waals surface area contributed by atoms with Crippen LogP contribution in [-0.2, 0) is 6.42 Å². The van der Waals surface area contributed by atoms with Crippen molar-refractivity contribution in [3.8, 4) is 5.75 Å². The number of rotatable bonds is 3. The highest BCUT2D eigenvalue weighted by Crippen LogP contribution is 2.28. The molecule has 2 aromatic carbocycles.